The molecule has 2 aromatic heterocycles. The highest BCUT2D eigenvalue weighted by Gasteiger charge is 2.12. The fourth-order valence-electron chi connectivity index (χ4n) is 1.83. The summed E-state index contributed by atoms with van der Waals surface area (Å²) in [6.07, 6.45) is 0. The zero-order valence-electron chi connectivity index (χ0n) is 10.2. The van der Waals surface area contributed by atoms with Gasteiger partial charge >= 0.3 is 0 Å². The average molecular weight is 312 g/mol. The fourth-order valence-corrected chi connectivity index (χ4v) is 2.93. The minimum atomic E-state index is -0.568. The Balaban J connectivity index is 2.12. The fraction of sp³-hybridized carbons (Fsp3) is 0.0769. The molecule has 0 saturated carbocycles. The number of rotatable bonds is 2. The Hall–Kier alpha value is -1.79. The smallest absolute Gasteiger partial charge is 0.225 e. The Morgan fingerprint density at radius 1 is 1.20 bits per heavy atom. The summed E-state index contributed by atoms with van der Waals surface area (Å²) in [5.74, 6) is -0.748. The molecule has 1 N–H and O–H groups in total. The number of benzene rings is 1. The van der Waals surface area contributed by atoms with Gasteiger partial charge in [-0.3, -0.25) is 0 Å². The number of thiophene rings is 1. The second kappa shape index (κ2) is 4.96. The maximum atomic E-state index is 13.7. The summed E-state index contributed by atoms with van der Waals surface area (Å²) < 4.78 is 26.8. The van der Waals surface area contributed by atoms with E-state index in [0.717, 1.165) is 28.5 Å². The predicted molar refractivity (Wildman–Crippen MR) is 76.8 cm³/mol. The molecule has 0 spiro atoms. The van der Waals surface area contributed by atoms with Crippen molar-refractivity contribution in [2.45, 2.75) is 6.92 Å². The molecular formula is C13H8ClF2N3S. The minimum absolute atomic E-state index is 0.00456. The van der Waals surface area contributed by atoms with Crippen LogP contribution in [-0.4, -0.2) is 9.97 Å². The van der Waals surface area contributed by atoms with Gasteiger partial charge in [0, 0.05) is 10.9 Å². The van der Waals surface area contributed by atoms with E-state index in [2.05, 4.69) is 15.3 Å². The second-order valence-corrected chi connectivity index (χ2v) is 5.74. The summed E-state index contributed by atoms with van der Waals surface area (Å²) in [5, 5.41) is 3.54. The van der Waals surface area contributed by atoms with Gasteiger partial charge in [-0.25, -0.2) is 13.8 Å². The van der Waals surface area contributed by atoms with Gasteiger partial charge in [0.2, 0.25) is 5.28 Å². The molecule has 102 valence electrons. The summed E-state index contributed by atoms with van der Waals surface area (Å²) >= 11 is 7.30. The van der Waals surface area contributed by atoms with E-state index < -0.39 is 11.6 Å². The van der Waals surface area contributed by atoms with Crippen LogP contribution in [0.1, 0.15) is 4.88 Å². The number of aryl methyl sites for hydroxylation is 1. The van der Waals surface area contributed by atoms with E-state index in [1.54, 1.807) is 0 Å². The SMILES string of the molecule is Cc1cc2c(Nc3cc(F)ccc3F)nc(Cl)nc2s1. The van der Waals surface area contributed by atoms with E-state index in [1.165, 1.54) is 11.3 Å². The first kappa shape index (κ1) is 13.2. The van der Waals surface area contributed by atoms with Gasteiger partial charge in [-0.2, -0.15) is 4.98 Å². The van der Waals surface area contributed by atoms with Gasteiger partial charge < -0.3 is 5.32 Å². The topological polar surface area (TPSA) is 37.8 Å². The number of nitrogens with one attached hydrogen (secondary N) is 1. The molecule has 0 bridgehead atoms. The van der Waals surface area contributed by atoms with Crippen molar-refractivity contribution in [3.63, 3.8) is 0 Å². The molecule has 3 nitrogen and oxygen atoms in total. The van der Waals surface area contributed by atoms with Gasteiger partial charge in [0.1, 0.15) is 22.3 Å². The highest BCUT2D eigenvalue weighted by Crippen LogP contribution is 2.31. The van der Waals surface area contributed by atoms with E-state index in [1.807, 2.05) is 13.0 Å². The van der Waals surface area contributed by atoms with Crippen LogP contribution in [0.4, 0.5) is 20.3 Å². The van der Waals surface area contributed by atoms with Crippen LogP contribution in [-0.2, 0) is 0 Å². The summed E-state index contributed by atoms with van der Waals surface area (Å²) in [7, 11) is 0. The molecule has 0 atom stereocenters. The van der Waals surface area contributed by atoms with Crippen molar-refractivity contribution in [1.82, 2.24) is 9.97 Å². The molecule has 0 unspecified atom stereocenters. The largest absolute Gasteiger partial charge is 0.337 e. The van der Waals surface area contributed by atoms with Gasteiger partial charge in [0.15, 0.2) is 0 Å². The lowest BCUT2D eigenvalue weighted by Gasteiger charge is -2.08. The third kappa shape index (κ3) is 2.44. The highest BCUT2D eigenvalue weighted by molar-refractivity contribution is 7.18. The van der Waals surface area contributed by atoms with E-state index in [4.69, 9.17) is 11.6 Å². The maximum absolute atomic E-state index is 13.7. The zero-order valence-corrected chi connectivity index (χ0v) is 11.8. The zero-order chi connectivity index (χ0) is 14.3. The Bertz CT molecular complexity index is 804. The molecule has 0 radical (unpaired) electrons. The molecule has 0 amide bonds. The first-order valence-electron chi connectivity index (χ1n) is 5.69. The molecule has 0 fully saturated rings. The van der Waals surface area contributed by atoms with Crippen LogP contribution in [0.3, 0.4) is 0 Å². The van der Waals surface area contributed by atoms with E-state index in [0.29, 0.717) is 10.6 Å². The maximum Gasteiger partial charge on any atom is 0.225 e. The van der Waals surface area contributed by atoms with Crippen molar-refractivity contribution in [3.8, 4) is 0 Å². The molecule has 20 heavy (non-hydrogen) atoms. The number of anilines is 2. The van der Waals surface area contributed by atoms with Crippen LogP contribution in [0, 0.1) is 18.6 Å². The summed E-state index contributed by atoms with van der Waals surface area (Å²) in [5.41, 5.74) is 0.00456. The van der Waals surface area contributed by atoms with Crippen LogP contribution in [0.15, 0.2) is 24.3 Å². The standard InChI is InChI=1S/C13H8ClF2N3S/c1-6-4-8-11(18-13(14)19-12(8)20-6)17-10-5-7(15)2-3-9(10)16/h2-5H,1H3,(H,17,18,19). The third-order valence-electron chi connectivity index (χ3n) is 2.67. The predicted octanol–water partition coefficient (Wildman–Crippen LogP) is 4.67. The van der Waals surface area contributed by atoms with Crippen molar-refractivity contribution in [2.75, 3.05) is 5.32 Å². The Morgan fingerprint density at radius 2 is 2.00 bits per heavy atom. The van der Waals surface area contributed by atoms with Crippen molar-refractivity contribution in [3.05, 3.63) is 46.1 Å². The van der Waals surface area contributed by atoms with E-state index >= 15 is 0 Å². The Morgan fingerprint density at radius 3 is 2.80 bits per heavy atom. The molecule has 0 saturated heterocycles. The summed E-state index contributed by atoms with van der Waals surface area (Å²) in [6.45, 7) is 1.92. The number of fused-ring (bicyclic) bond motifs is 1. The summed E-state index contributed by atoms with van der Waals surface area (Å²) in [4.78, 5) is 9.87. The average Bonchev–Trinajstić information content (AvgIpc) is 2.74. The minimum Gasteiger partial charge on any atom is -0.337 e. The monoisotopic (exact) mass is 311 g/mol. The first-order valence-corrected chi connectivity index (χ1v) is 6.88. The van der Waals surface area contributed by atoms with Gasteiger partial charge in [0.05, 0.1) is 11.1 Å². The lowest BCUT2D eigenvalue weighted by atomic mass is 10.2. The highest BCUT2D eigenvalue weighted by atomic mass is 35.5. The van der Waals surface area contributed by atoms with Crippen LogP contribution < -0.4 is 5.32 Å². The number of hydrogen-bond donors (Lipinski definition) is 1. The Kier molecular flexibility index (Phi) is 3.27. The lowest BCUT2D eigenvalue weighted by Crippen LogP contribution is -1.98. The molecule has 1 aromatic carbocycles. The van der Waals surface area contributed by atoms with Crippen LogP contribution >= 0.6 is 22.9 Å². The van der Waals surface area contributed by atoms with Crippen LogP contribution in [0.2, 0.25) is 5.28 Å². The number of aromatic nitrogens is 2. The van der Waals surface area contributed by atoms with Crippen molar-refractivity contribution in [2.24, 2.45) is 0 Å². The van der Waals surface area contributed by atoms with Crippen molar-refractivity contribution < 1.29 is 8.78 Å². The van der Waals surface area contributed by atoms with Crippen LogP contribution in [0.5, 0.6) is 0 Å². The quantitative estimate of drug-likeness (QED) is 0.699. The number of hydrogen-bond acceptors (Lipinski definition) is 4. The van der Waals surface area contributed by atoms with Gasteiger partial charge in [0.25, 0.3) is 0 Å². The number of halogens is 3. The number of nitrogens with zero attached hydrogens (tertiary/aromatic N) is 2. The van der Waals surface area contributed by atoms with E-state index in [-0.39, 0.29) is 11.0 Å². The summed E-state index contributed by atoms with van der Waals surface area (Å²) in [6, 6.07) is 5.04. The molecular weight excluding hydrogens is 304 g/mol. The van der Waals surface area contributed by atoms with Gasteiger partial charge in [-0.05, 0) is 36.7 Å². The molecule has 0 aliphatic heterocycles. The molecule has 7 heteroatoms. The van der Waals surface area contributed by atoms with Gasteiger partial charge in [-0.15, -0.1) is 11.3 Å². The van der Waals surface area contributed by atoms with Crippen molar-refractivity contribution >= 4 is 44.7 Å². The second-order valence-electron chi connectivity index (χ2n) is 4.17. The molecule has 3 aromatic rings. The third-order valence-corrected chi connectivity index (χ3v) is 3.78. The van der Waals surface area contributed by atoms with Crippen molar-refractivity contribution in [1.29, 1.82) is 0 Å². The molecule has 2 heterocycles. The lowest BCUT2D eigenvalue weighted by molar-refractivity contribution is 0.603. The van der Waals surface area contributed by atoms with E-state index in [9.17, 15) is 8.78 Å². The Labute approximate surface area is 122 Å². The van der Waals surface area contributed by atoms with Crippen LogP contribution in [0.25, 0.3) is 10.2 Å². The molecule has 3 rings (SSSR count). The molecule has 0 aliphatic carbocycles. The first-order chi connectivity index (χ1) is 9.52. The normalized spacial score (nSPS) is 11.0. The molecule has 0 aliphatic rings. The van der Waals surface area contributed by atoms with Gasteiger partial charge in [-0.1, -0.05) is 0 Å².